The predicted molar refractivity (Wildman–Crippen MR) is 125 cm³/mol. The van der Waals surface area contributed by atoms with Gasteiger partial charge in [0.25, 0.3) is 0 Å². The molecule has 1 aromatic carbocycles. The van der Waals surface area contributed by atoms with Crippen molar-refractivity contribution >= 4 is 17.5 Å². The first-order valence-electron chi connectivity index (χ1n) is 12.2. The molecule has 1 aromatic rings. The zero-order valence-electron chi connectivity index (χ0n) is 18.9. The van der Waals surface area contributed by atoms with Crippen LogP contribution in [-0.2, 0) is 20.8 Å². The number of hydrogen-bond acceptors (Lipinski definition) is 5. The van der Waals surface area contributed by atoms with E-state index in [2.05, 4.69) is 10.2 Å². The Hall–Kier alpha value is -1.18. The second-order valence-corrected chi connectivity index (χ2v) is 10.1. The van der Waals surface area contributed by atoms with Gasteiger partial charge in [-0.05, 0) is 49.3 Å². The highest BCUT2D eigenvalue weighted by molar-refractivity contribution is 6.30. The van der Waals surface area contributed by atoms with Crippen molar-refractivity contribution in [3.8, 4) is 0 Å². The van der Waals surface area contributed by atoms with Crippen LogP contribution in [0.3, 0.4) is 0 Å². The summed E-state index contributed by atoms with van der Waals surface area (Å²) in [4.78, 5) is 15.0. The molecule has 178 valence electrons. The fraction of sp³-hybridized carbons (Fsp3) is 0.720. The van der Waals surface area contributed by atoms with Gasteiger partial charge in [-0.25, -0.2) is 0 Å². The van der Waals surface area contributed by atoms with Gasteiger partial charge in [-0.3, -0.25) is 9.69 Å². The largest absolute Gasteiger partial charge is 0.389 e. The van der Waals surface area contributed by atoms with E-state index in [4.69, 9.17) is 21.1 Å². The van der Waals surface area contributed by atoms with Crippen molar-refractivity contribution in [3.05, 3.63) is 34.9 Å². The Morgan fingerprint density at radius 1 is 1.09 bits per heavy atom. The molecular weight excluding hydrogens is 428 g/mol. The second-order valence-electron chi connectivity index (χ2n) is 9.70. The summed E-state index contributed by atoms with van der Waals surface area (Å²) in [7, 11) is 0. The number of amides is 1. The summed E-state index contributed by atoms with van der Waals surface area (Å²) < 4.78 is 12.1. The molecule has 2 aliphatic heterocycles. The summed E-state index contributed by atoms with van der Waals surface area (Å²) in [5.41, 5.74) is 1.03. The summed E-state index contributed by atoms with van der Waals surface area (Å²) in [5.74, 6) is 0.720. The monoisotopic (exact) mass is 464 g/mol. The van der Waals surface area contributed by atoms with Gasteiger partial charge in [0.05, 0.1) is 37.9 Å². The fourth-order valence-electron chi connectivity index (χ4n) is 5.44. The van der Waals surface area contributed by atoms with Crippen LogP contribution in [0.25, 0.3) is 0 Å². The van der Waals surface area contributed by atoms with Crippen LogP contribution in [0.1, 0.15) is 56.9 Å². The van der Waals surface area contributed by atoms with Gasteiger partial charge < -0.3 is 19.9 Å². The third kappa shape index (κ3) is 6.91. The number of nitrogens with zero attached hydrogens (tertiary/aromatic N) is 1. The van der Waals surface area contributed by atoms with E-state index in [9.17, 15) is 9.90 Å². The van der Waals surface area contributed by atoms with Gasteiger partial charge in [-0.1, -0.05) is 43.0 Å². The van der Waals surface area contributed by atoms with Gasteiger partial charge >= 0.3 is 0 Å². The summed E-state index contributed by atoms with van der Waals surface area (Å²) in [6.45, 7) is 3.00. The molecule has 0 radical (unpaired) electrons. The second kappa shape index (κ2) is 11.8. The standard InChI is InChI=1S/C25H37ClN2O4/c26-20-8-6-18(7-9-20)13-27-25(30)12-22-10-11-23-24(32-22)17-31-16-21(29)15-28(23)14-19-4-2-1-3-5-19/h6-9,19,21-24,29H,1-5,10-17H2,(H,27,30)/t21-,22-,23-,24+/m1/s1. The first-order chi connectivity index (χ1) is 15.6. The lowest BCUT2D eigenvalue weighted by atomic mass is 9.87. The molecule has 2 saturated heterocycles. The van der Waals surface area contributed by atoms with Crippen molar-refractivity contribution in [1.82, 2.24) is 10.2 Å². The smallest absolute Gasteiger partial charge is 0.222 e. The lowest BCUT2D eigenvalue weighted by molar-refractivity contribution is -0.158. The SMILES string of the molecule is O=C(C[C@H]1CC[C@@H]2[C@H](COC[C@H](O)CN2CC2CCCCC2)O1)NCc1ccc(Cl)cc1. The van der Waals surface area contributed by atoms with Gasteiger partial charge in [0.1, 0.15) is 0 Å². The average molecular weight is 465 g/mol. The van der Waals surface area contributed by atoms with Crippen molar-refractivity contribution in [2.24, 2.45) is 5.92 Å². The number of fused-ring (bicyclic) bond motifs is 1. The molecule has 0 bridgehead atoms. The van der Waals surface area contributed by atoms with Crippen LogP contribution < -0.4 is 5.32 Å². The molecule has 1 amide bonds. The number of carbonyl (C=O) groups is 1. The van der Waals surface area contributed by atoms with Gasteiger partial charge in [-0.15, -0.1) is 0 Å². The maximum Gasteiger partial charge on any atom is 0.222 e. The summed E-state index contributed by atoms with van der Waals surface area (Å²) in [6, 6.07) is 7.76. The van der Waals surface area contributed by atoms with Crippen molar-refractivity contribution < 1.29 is 19.4 Å². The summed E-state index contributed by atoms with van der Waals surface area (Å²) in [6.07, 6.45) is 8.18. The normalized spacial score (nSPS) is 30.2. The van der Waals surface area contributed by atoms with E-state index in [1.807, 2.05) is 24.3 Å². The molecule has 3 fully saturated rings. The third-order valence-electron chi connectivity index (χ3n) is 7.12. The molecule has 6 nitrogen and oxygen atoms in total. The first-order valence-corrected chi connectivity index (χ1v) is 12.6. The highest BCUT2D eigenvalue weighted by Gasteiger charge is 2.38. The van der Waals surface area contributed by atoms with E-state index < -0.39 is 6.10 Å². The summed E-state index contributed by atoms with van der Waals surface area (Å²) in [5, 5.41) is 14.1. The molecule has 4 rings (SSSR count). The lowest BCUT2D eigenvalue weighted by Crippen LogP contribution is -2.56. The van der Waals surface area contributed by atoms with E-state index in [0.29, 0.717) is 43.7 Å². The van der Waals surface area contributed by atoms with Gasteiger partial charge in [0.2, 0.25) is 5.91 Å². The molecule has 7 heteroatoms. The van der Waals surface area contributed by atoms with Gasteiger partial charge in [-0.2, -0.15) is 0 Å². The van der Waals surface area contributed by atoms with Crippen molar-refractivity contribution in [2.45, 2.75) is 82.3 Å². The van der Waals surface area contributed by atoms with E-state index in [0.717, 1.165) is 24.9 Å². The number of hydrogen-bond donors (Lipinski definition) is 2. The maximum atomic E-state index is 12.5. The number of ether oxygens (including phenoxy) is 2. The van der Waals surface area contributed by atoms with Crippen molar-refractivity contribution in [3.63, 3.8) is 0 Å². The topological polar surface area (TPSA) is 71.0 Å². The molecule has 4 atom stereocenters. The molecule has 3 aliphatic rings. The Bertz CT molecular complexity index is 725. The zero-order valence-corrected chi connectivity index (χ0v) is 19.6. The number of aliphatic hydroxyl groups excluding tert-OH is 1. The number of rotatable bonds is 6. The van der Waals surface area contributed by atoms with Crippen LogP contribution >= 0.6 is 11.6 Å². The van der Waals surface area contributed by atoms with Crippen LogP contribution in [-0.4, -0.2) is 66.6 Å². The minimum atomic E-state index is -0.448. The molecule has 32 heavy (non-hydrogen) atoms. The quantitative estimate of drug-likeness (QED) is 0.673. The molecule has 0 spiro atoms. The molecule has 2 N–H and O–H groups in total. The van der Waals surface area contributed by atoms with E-state index in [1.165, 1.54) is 32.1 Å². The van der Waals surface area contributed by atoms with Crippen LogP contribution in [0.15, 0.2) is 24.3 Å². The number of aliphatic hydroxyl groups is 1. The first kappa shape index (κ1) is 24.0. The van der Waals surface area contributed by atoms with Gasteiger partial charge in [0, 0.05) is 30.7 Å². The Balaban J connectivity index is 1.29. The Labute approximate surface area is 196 Å². The summed E-state index contributed by atoms with van der Waals surface area (Å²) >= 11 is 5.92. The minimum Gasteiger partial charge on any atom is -0.389 e. The third-order valence-corrected chi connectivity index (χ3v) is 7.37. The molecular formula is C25H37ClN2O4. The number of β-amino-alcohol motifs (C(OH)–C–C–N with tert-alkyl or cyclic N) is 1. The average Bonchev–Trinajstić information content (AvgIpc) is 2.78. The van der Waals surface area contributed by atoms with Crippen LogP contribution in [0.2, 0.25) is 5.02 Å². The number of nitrogens with one attached hydrogen (secondary N) is 1. The number of halogens is 1. The minimum absolute atomic E-state index is 0.00430. The van der Waals surface area contributed by atoms with Gasteiger partial charge in [0.15, 0.2) is 0 Å². The van der Waals surface area contributed by atoms with E-state index >= 15 is 0 Å². The molecule has 1 saturated carbocycles. The molecule has 2 heterocycles. The van der Waals surface area contributed by atoms with E-state index in [-0.39, 0.29) is 24.2 Å². The maximum absolute atomic E-state index is 12.5. The Morgan fingerprint density at radius 2 is 1.88 bits per heavy atom. The molecule has 0 aromatic heterocycles. The number of carbonyl (C=O) groups excluding carboxylic acids is 1. The van der Waals surface area contributed by atoms with Crippen LogP contribution in [0, 0.1) is 5.92 Å². The highest BCUT2D eigenvalue weighted by Crippen LogP contribution is 2.31. The molecule has 1 aliphatic carbocycles. The fourth-order valence-corrected chi connectivity index (χ4v) is 5.56. The highest BCUT2D eigenvalue weighted by atomic mass is 35.5. The lowest BCUT2D eigenvalue weighted by Gasteiger charge is -2.45. The van der Waals surface area contributed by atoms with Crippen LogP contribution in [0.5, 0.6) is 0 Å². The Kier molecular flexibility index (Phi) is 8.83. The number of benzene rings is 1. The Morgan fingerprint density at radius 3 is 2.66 bits per heavy atom. The van der Waals surface area contributed by atoms with E-state index in [1.54, 1.807) is 0 Å². The van der Waals surface area contributed by atoms with Crippen molar-refractivity contribution in [1.29, 1.82) is 0 Å². The molecule has 0 unspecified atom stereocenters. The predicted octanol–water partition coefficient (Wildman–Crippen LogP) is 3.54. The van der Waals surface area contributed by atoms with Crippen LogP contribution in [0.4, 0.5) is 0 Å². The zero-order chi connectivity index (χ0) is 22.3. The van der Waals surface area contributed by atoms with Crippen molar-refractivity contribution in [2.75, 3.05) is 26.3 Å².